The molecule has 28 heavy (non-hydrogen) atoms. The van der Waals surface area contributed by atoms with E-state index in [0.717, 1.165) is 18.6 Å². The van der Waals surface area contributed by atoms with Gasteiger partial charge in [0.15, 0.2) is 11.2 Å². The zero-order valence-electron chi connectivity index (χ0n) is 16.5. The maximum absolute atomic E-state index is 13.0. The molecule has 1 fully saturated rings. The Kier molecular flexibility index (Phi) is 4.79. The van der Waals surface area contributed by atoms with E-state index in [4.69, 9.17) is 18.9 Å². The second-order valence-electron chi connectivity index (χ2n) is 7.76. The fourth-order valence-corrected chi connectivity index (χ4v) is 5.58. The molecule has 0 radical (unpaired) electrons. The zero-order valence-corrected chi connectivity index (χ0v) is 16.5. The summed E-state index contributed by atoms with van der Waals surface area (Å²) in [5, 5.41) is 0. The number of rotatable bonds is 5. The Hall–Kier alpha value is -2.18. The third-order valence-electron chi connectivity index (χ3n) is 6.79. The SMILES string of the molecule is COCO[C@]12CCC(=O)[C@@]1(C(=O)OC)C=C[C@@H]1c3ccc(OC)cc3CC[C@H]12. The summed E-state index contributed by atoms with van der Waals surface area (Å²) in [4.78, 5) is 25.9. The number of ketones is 1. The van der Waals surface area contributed by atoms with Crippen LogP contribution in [-0.4, -0.2) is 45.5 Å². The Labute approximate surface area is 164 Å². The van der Waals surface area contributed by atoms with Crippen LogP contribution in [-0.2, 0) is 30.2 Å². The van der Waals surface area contributed by atoms with Crippen molar-refractivity contribution in [3.05, 3.63) is 41.5 Å². The average Bonchev–Trinajstić information content (AvgIpc) is 3.04. The van der Waals surface area contributed by atoms with E-state index in [1.54, 1.807) is 20.3 Å². The van der Waals surface area contributed by atoms with Gasteiger partial charge in [0.25, 0.3) is 0 Å². The van der Waals surface area contributed by atoms with Crippen molar-refractivity contribution in [3.63, 3.8) is 0 Å². The van der Waals surface area contributed by atoms with E-state index < -0.39 is 17.0 Å². The van der Waals surface area contributed by atoms with Crippen molar-refractivity contribution in [3.8, 4) is 5.75 Å². The van der Waals surface area contributed by atoms with Gasteiger partial charge < -0.3 is 18.9 Å². The number of Topliss-reactive ketones (excluding diaryl/α,β-unsaturated/α-hetero) is 1. The van der Waals surface area contributed by atoms with Crippen molar-refractivity contribution >= 4 is 11.8 Å². The molecule has 1 saturated carbocycles. The number of methoxy groups -OCH3 is 3. The molecule has 0 amide bonds. The fraction of sp³-hybridized carbons (Fsp3) is 0.545. The number of hydrogen-bond acceptors (Lipinski definition) is 6. The Bertz CT molecular complexity index is 830. The first-order valence-corrected chi connectivity index (χ1v) is 9.65. The second kappa shape index (κ2) is 7.01. The maximum atomic E-state index is 13.0. The summed E-state index contributed by atoms with van der Waals surface area (Å²) in [6, 6.07) is 6.12. The van der Waals surface area contributed by atoms with Crippen LogP contribution >= 0.6 is 0 Å². The summed E-state index contributed by atoms with van der Waals surface area (Å²) < 4.78 is 21.9. The van der Waals surface area contributed by atoms with Crippen LogP contribution in [0.3, 0.4) is 0 Å². The van der Waals surface area contributed by atoms with Gasteiger partial charge >= 0.3 is 5.97 Å². The van der Waals surface area contributed by atoms with Crippen molar-refractivity contribution in [2.75, 3.05) is 28.1 Å². The van der Waals surface area contributed by atoms with Crippen molar-refractivity contribution in [2.45, 2.75) is 37.2 Å². The lowest BCUT2D eigenvalue weighted by Gasteiger charge is -2.52. The van der Waals surface area contributed by atoms with Crippen LogP contribution < -0.4 is 4.74 Å². The molecule has 4 atom stereocenters. The number of ether oxygens (including phenoxy) is 4. The molecule has 0 aromatic heterocycles. The number of fused-ring (bicyclic) bond motifs is 5. The largest absolute Gasteiger partial charge is 0.497 e. The molecule has 0 bridgehead atoms. The number of allylic oxidation sites excluding steroid dienone is 1. The predicted molar refractivity (Wildman–Crippen MR) is 101 cm³/mol. The summed E-state index contributed by atoms with van der Waals surface area (Å²) in [5.41, 5.74) is 0.0869. The topological polar surface area (TPSA) is 71.1 Å². The molecule has 0 spiro atoms. The number of aryl methyl sites for hydroxylation is 1. The van der Waals surface area contributed by atoms with Crippen molar-refractivity contribution in [1.82, 2.24) is 0 Å². The molecule has 0 N–H and O–H groups in total. The van der Waals surface area contributed by atoms with Crippen molar-refractivity contribution in [2.24, 2.45) is 11.3 Å². The predicted octanol–water partition coefficient (Wildman–Crippen LogP) is 2.79. The van der Waals surface area contributed by atoms with Gasteiger partial charge in [-0.2, -0.15) is 0 Å². The van der Waals surface area contributed by atoms with E-state index in [0.29, 0.717) is 12.8 Å². The van der Waals surface area contributed by atoms with Gasteiger partial charge in [0.05, 0.1) is 14.2 Å². The number of carbonyl (C=O) groups is 2. The minimum Gasteiger partial charge on any atom is -0.497 e. The average molecular weight is 386 g/mol. The Balaban J connectivity index is 1.86. The molecule has 4 rings (SSSR count). The van der Waals surface area contributed by atoms with E-state index in [1.165, 1.54) is 18.2 Å². The quantitative estimate of drug-likeness (QED) is 0.335. The van der Waals surface area contributed by atoms with E-state index in [-0.39, 0.29) is 24.4 Å². The lowest BCUT2D eigenvalue weighted by molar-refractivity contribution is -0.209. The van der Waals surface area contributed by atoms with Crippen LogP contribution in [0, 0.1) is 11.3 Å². The van der Waals surface area contributed by atoms with Crippen LogP contribution in [0.15, 0.2) is 30.4 Å². The highest BCUT2D eigenvalue weighted by Crippen LogP contribution is 2.61. The third-order valence-corrected chi connectivity index (χ3v) is 6.79. The van der Waals surface area contributed by atoms with E-state index in [9.17, 15) is 9.59 Å². The Morgan fingerprint density at radius 3 is 2.75 bits per heavy atom. The highest BCUT2D eigenvalue weighted by atomic mass is 16.7. The van der Waals surface area contributed by atoms with Gasteiger partial charge in [-0.3, -0.25) is 9.59 Å². The molecule has 0 saturated heterocycles. The molecule has 3 aliphatic carbocycles. The fourth-order valence-electron chi connectivity index (χ4n) is 5.58. The minimum atomic E-state index is -1.40. The van der Waals surface area contributed by atoms with Crippen LogP contribution in [0.4, 0.5) is 0 Å². The molecule has 0 heterocycles. The molecule has 6 nitrogen and oxygen atoms in total. The molecule has 1 aromatic rings. The number of hydrogen-bond donors (Lipinski definition) is 0. The van der Waals surface area contributed by atoms with Crippen LogP contribution in [0.1, 0.15) is 36.3 Å². The number of esters is 1. The van der Waals surface area contributed by atoms with Gasteiger partial charge in [-0.05, 0) is 42.5 Å². The van der Waals surface area contributed by atoms with Crippen molar-refractivity contribution in [1.29, 1.82) is 0 Å². The molecule has 0 unspecified atom stereocenters. The molecule has 150 valence electrons. The smallest absolute Gasteiger partial charge is 0.326 e. The highest BCUT2D eigenvalue weighted by Gasteiger charge is 2.71. The maximum Gasteiger partial charge on any atom is 0.326 e. The lowest BCUT2D eigenvalue weighted by Crippen LogP contribution is -2.61. The summed E-state index contributed by atoms with van der Waals surface area (Å²) in [5.74, 6) is 0.212. The first kappa shape index (κ1) is 19.2. The van der Waals surface area contributed by atoms with Crippen LogP contribution in [0.25, 0.3) is 0 Å². The van der Waals surface area contributed by atoms with Gasteiger partial charge in [-0.25, -0.2) is 0 Å². The summed E-state index contributed by atoms with van der Waals surface area (Å²) in [6.07, 6.45) is 6.17. The first-order valence-electron chi connectivity index (χ1n) is 9.65. The number of benzene rings is 1. The van der Waals surface area contributed by atoms with Gasteiger partial charge in [0, 0.05) is 25.4 Å². The van der Waals surface area contributed by atoms with Gasteiger partial charge in [0.1, 0.15) is 18.1 Å². The van der Waals surface area contributed by atoms with Gasteiger partial charge in [0.2, 0.25) is 0 Å². The standard InChI is InChI=1S/C22H26O6/c1-25-13-28-22-11-9-19(23)21(22,20(24)27-3)10-8-17-16-6-5-15(26-2)12-14(16)4-7-18(17)22/h5-6,8,10,12,17-18H,4,7,9,11,13H2,1-3H3/t17-,18-,21-,22+/m1/s1. The van der Waals surface area contributed by atoms with Crippen LogP contribution in [0.5, 0.6) is 5.75 Å². The zero-order chi connectivity index (χ0) is 19.9. The van der Waals surface area contributed by atoms with Crippen LogP contribution in [0.2, 0.25) is 0 Å². The number of carbonyl (C=O) groups excluding carboxylic acids is 2. The molecule has 6 heteroatoms. The highest BCUT2D eigenvalue weighted by molar-refractivity contribution is 6.09. The first-order chi connectivity index (χ1) is 13.5. The van der Waals surface area contributed by atoms with E-state index >= 15 is 0 Å². The molecular weight excluding hydrogens is 360 g/mol. The normalized spacial score (nSPS) is 33.0. The molecule has 3 aliphatic rings. The molecular formula is C22H26O6. The Morgan fingerprint density at radius 1 is 1.21 bits per heavy atom. The lowest BCUT2D eigenvalue weighted by atomic mass is 9.55. The Morgan fingerprint density at radius 2 is 2.04 bits per heavy atom. The van der Waals surface area contributed by atoms with Crippen molar-refractivity contribution < 1.29 is 28.5 Å². The van der Waals surface area contributed by atoms with E-state index in [2.05, 4.69) is 12.1 Å². The monoisotopic (exact) mass is 386 g/mol. The molecule has 0 aliphatic heterocycles. The van der Waals surface area contributed by atoms with E-state index in [1.807, 2.05) is 12.1 Å². The molecule has 1 aromatic carbocycles. The summed E-state index contributed by atoms with van der Waals surface area (Å²) in [7, 11) is 4.54. The summed E-state index contributed by atoms with van der Waals surface area (Å²) >= 11 is 0. The second-order valence-corrected chi connectivity index (χ2v) is 7.76. The minimum absolute atomic E-state index is 0.0147. The van der Waals surface area contributed by atoms with Gasteiger partial charge in [-0.15, -0.1) is 0 Å². The van der Waals surface area contributed by atoms with Gasteiger partial charge in [-0.1, -0.05) is 18.2 Å². The third kappa shape index (κ3) is 2.40. The summed E-state index contributed by atoms with van der Waals surface area (Å²) in [6.45, 7) is 0.0263.